The number of carbonyl (C=O) groups is 2. The zero-order valence-electron chi connectivity index (χ0n) is 21.3. The quantitative estimate of drug-likeness (QED) is 0.332. The molecule has 0 aromatic heterocycles. The van der Waals surface area contributed by atoms with Gasteiger partial charge in [0.25, 0.3) is 0 Å². The smallest absolute Gasteiger partial charge is 0.480 e. The maximum absolute atomic E-state index is 15.3. The molecule has 14 heteroatoms. The lowest BCUT2D eigenvalue weighted by Crippen LogP contribution is -2.45. The van der Waals surface area contributed by atoms with Crippen molar-refractivity contribution in [2.45, 2.75) is 49.9 Å². The number of benzene rings is 2. The van der Waals surface area contributed by atoms with Crippen LogP contribution in [-0.4, -0.2) is 54.1 Å². The Bertz CT molecular complexity index is 1300. The molecular weight excluding hydrogens is 586 g/mol. The second-order valence-corrected chi connectivity index (χ2v) is 10.7. The summed E-state index contributed by atoms with van der Waals surface area (Å²) in [7, 11) is 1.53. The molecule has 2 aromatic rings. The molecule has 7 nitrogen and oxygen atoms in total. The Morgan fingerprint density at radius 3 is 2.23 bits per heavy atom. The summed E-state index contributed by atoms with van der Waals surface area (Å²) >= 11 is 12.0. The lowest BCUT2D eigenvalue weighted by Gasteiger charge is -2.38. The van der Waals surface area contributed by atoms with E-state index in [9.17, 15) is 28.3 Å². The molecule has 1 heterocycles. The van der Waals surface area contributed by atoms with E-state index in [1.165, 1.54) is 37.4 Å². The first kappa shape index (κ1) is 33.2. The van der Waals surface area contributed by atoms with Gasteiger partial charge in [-0.2, -0.15) is 18.4 Å². The van der Waals surface area contributed by atoms with Crippen molar-refractivity contribution in [3.05, 3.63) is 69.2 Å². The first-order valence-corrected chi connectivity index (χ1v) is 12.3. The van der Waals surface area contributed by atoms with Crippen LogP contribution < -0.4 is 5.32 Å². The summed E-state index contributed by atoms with van der Waals surface area (Å²) in [4.78, 5) is 21.2. The second kappa shape index (κ2) is 12.7. The van der Waals surface area contributed by atoms with Gasteiger partial charge in [-0.1, -0.05) is 55.2 Å². The van der Waals surface area contributed by atoms with Gasteiger partial charge in [-0.25, -0.2) is 13.6 Å². The molecule has 0 amide bonds. The van der Waals surface area contributed by atoms with Gasteiger partial charge in [-0.05, 0) is 35.6 Å². The number of alkyl halides is 3. The molecule has 4 atom stereocenters. The molecule has 0 saturated carbocycles. The standard InChI is InChI=1S/C24H24Cl2F2N2O3.C2HF3O2/c1-23(2,12-33-3)10-18-24(11-29,15-8-7-13(25)9-17(15)27)19(21(30-18)22(31)32)14-5-4-6-16(26)20(14)28;3-2(4,5)1(6)7/h4-9,18-19,21,30H,10,12H2,1-3H3,(H,31,32);(H,6,7). The number of halogens is 7. The van der Waals surface area contributed by atoms with Crippen LogP contribution >= 0.6 is 23.2 Å². The average molecular weight is 611 g/mol. The minimum Gasteiger partial charge on any atom is -0.480 e. The molecule has 0 spiro atoms. The minimum absolute atomic E-state index is 0.0618. The number of nitriles is 1. The summed E-state index contributed by atoms with van der Waals surface area (Å²) in [5.41, 5.74) is -2.44. The van der Waals surface area contributed by atoms with Crippen LogP contribution in [0.5, 0.6) is 0 Å². The summed E-state index contributed by atoms with van der Waals surface area (Å²) in [6.45, 7) is 4.09. The molecule has 3 N–H and O–H groups in total. The van der Waals surface area contributed by atoms with E-state index in [-0.39, 0.29) is 27.6 Å². The van der Waals surface area contributed by atoms with Gasteiger partial charge in [-0.15, -0.1) is 0 Å². The van der Waals surface area contributed by atoms with E-state index in [1.807, 2.05) is 13.8 Å². The van der Waals surface area contributed by atoms with Gasteiger partial charge in [-0.3, -0.25) is 10.1 Å². The Morgan fingerprint density at radius 1 is 1.15 bits per heavy atom. The van der Waals surface area contributed by atoms with Crippen LogP contribution in [0.25, 0.3) is 0 Å². The summed E-state index contributed by atoms with van der Waals surface area (Å²) in [5.74, 6) is -6.95. The van der Waals surface area contributed by atoms with Gasteiger partial charge in [0.05, 0.1) is 17.7 Å². The number of hydrogen-bond donors (Lipinski definition) is 3. The van der Waals surface area contributed by atoms with Crippen molar-refractivity contribution in [1.82, 2.24) is 5.32 Å². The lowest BCUT2D eigenvalue weighted by molar-refractivity contribution is -0.192. The number of ether oxygens (including phenoxy) is 1. The monoisotopic (exact) mass is 610 g/mol. The zero-order valence-corrected chi connectivity index (χ0v) is 22.8. The number of rotatable bonds is 7. The molecule has 0 aliphatic carbocycles. The lowest BCUT2D eigenvalue weighted by atomic mass is 9.62. The summed E-state index contributed by atoms with van der Waals surface area (Å²) in [6, 6.07) is 7.99. The van der Waals surface area contributed by atoms with E-state index in [0.29, 0.717) is 6.61 Å². The molecule has 0 bridgehead atoms. The van der Waals surface area contributed by atoms with Crippen molar-refractivity contribution in [2.75, 3.05) is 13.7 Å². The van der Waals surface area contributed by atoms with Crippen molar-refractivity contribution >= 4 is 35.1 Å². The van der Waals surface area contributed by atoms with E-state index in [1.54, 1.807) is 0 Å². The first-order chi connectivity index (χ1) is 18.4. The maximum atomic E-state index is 15.3. The summed E-state index contributed by atoms with van der Waals surface area (Å²) < 4.78 is 67.6. The zero-order chi connectivity index (χ0) is 30.6. The van der Waals surface area contributed by atoms with Gasteiger partial charge >= 0.3 is 18.1 Å². The van der Waals surface area contributed by atoms with Crippen LogP contribution in [0.2, 0.25) is 10.0 Å². The predicted octanol–water partition coefficient (Wildman–Crippen LogP) is 5.94. The van der Waals surface area contributed by atoms with Crippen LogP contribution in [0.15, 0.2) is 36.4 Å². The van der Waals surface area contributed by atoms with Crippen molar-refractivity contribution in [1.29, 1.82) is 5.26 Å². The molecular formula is C26H25Cl2F5N2O5. The largest absolute Gasteiger partial charge is 0.490 e. The fourth-order valence-corrected chi connectivity index (χ4v) is 5.27. The van der Waals surface area contributed by atoms with Crippen LogP contribution in [0.3, 0.4) is 0 Å². The number of hydrogen-bond acceptors (Lipinski definition) is 5. The van der Waals surface area contributed by atoms with Crippen molar-refractivity contribution in [2.24, 2.45) is 5.41 Å². The Balaban J connectivity index is 0.000000708. The minimum atomic E-state index is -5.08. The predicted molar refractivity (Wildman–Crippen MR) is 135 cm³/mol. The highest BCUT2D eigenvalue weighted by molar-refractivity contribution is 6.31. The van der Waals surface area contributed by atoms with Crippen LogP contribution in [0.4, 0.5) is 22.0 Å². The fraction of sp³-hybridized carbons (Fsp3) is 0.423. The molecule has 3 rings (SSSR count). The van der Waals surface area contributed by atoms with E-state index >= 15 is 8.78 Å². The van der Waals surface area contributed by atoms with E-state index in [2.05, 4.69) is 11.4 Å². The summed E-state index contributed by atoms with van der Waals surface area (Å²) in [6.07, 6.45) is -4.83. The Hall–Kier alpha value is -2.98. The average Bonchev–Trinajstić information content (AvgIpc) is 3.14. The number of carboxylic acid groups (broad SMARTS) is 2. The van der Waals surface area contributed by atoms with Crippen molar-refractivity contribution < 1.29 is 46.5 Å². The number of methoxy groups -OCH3 is 1. The number of aliphatic carboxylic acids is 2. The third-order valence-corrected chi connectivity index (χ3v) is 6.96. The van der Waals surface area contributed by atoms with Crippen LogP contribution in [0, 0.1) is 28.4 Å². The molecule has 0 radical (unpaired) electrons. The topological polar surface area (TPSA) is 120 Å². The molecule has 4 unspecified atom stereocenters. The van der Waals surface area contributed by atoms with Gasteiger partial charge in [0, 0.05) is 29.7 Å². The Morgan fingerprint density at radius 2 is 1.75 bits per heavy atom. The summed E-state index contributed by atoms with van der Waals surface area (Å²) in [5, 5.41) is 30.6. The van der Waals surface area contributed by atoms with Gasteiger partial charge in [0.2, 0.25) is 0 Å². The van der Waals surface area contributed by atoms with Crippen LogP contribution in [0.1, 0.15) is 37.3 Å². The second-order valence-electron chi connectivity index (χ2n) is 9.87. The van der Waals surface area contributed by atoms with E-state index in [0.717, 1.165) is 6.07 Å². The Kier molecular flexibility index (Phi) is 10.5. The van der Waals surface area contributed by atoms with Crippen molar-refractivity contribution in [3.63, 3.8) is 0 Å². The third kappa shape index (κ3) is 7.01. The number of nitrogens with zero attached hydrogens (tertiary/aromatic N) is 1. The highest BCUT2D eigenvalue weighted by atomic mass is 35.5. The third-order valence-electron chi connectivity index (χ3n) is 6.43. The molecule has 1 saturated heterocycles. The molecule has 1 fully saturated rings. The van der Waals surface area contributed by atoms with Gasteiger partial charge < -0.3 is 14.9 Å². The first-order valence-electron chi connectivity index (χ1n) is 11.5. The van der Waals surface area contributed by atoms with E-state index < -0.39 is 58.6 Å². The van der Waals surface area contributed by atoms with Gasteiger partial charge in [0.15, 0.2) is 0 Å². The fourth-order valence-electron chi connectivity index (χ4n) is 4.93. The Labute approximate surface area is 236 Å². The molecule has 1 aliphatic rings. The maximum Gasteiger partial charge on any atom is 0.490 e. The molecule has 1 aliphatic heterocycles. The highest BCUT2D eigenvalue weighted by Crippen LogP contribution is 2.52. The highest BCUT2D eigenvalue weighted by Gasteiger charge is 2.61. The van der Waals surface area contributed by atoms with E-state index in [4.69, 9.17) is 37.8 Å². The SMILES string of the molecule is COCC(C)(C)CC1NC(C(=O)O)C(c2cccc(Cl)c2F)C1(C#N)c1ccc(Cl)cc1F.O=C(O)C(F)(F)F. The normalized spacial score (nSPS) is 22.7. The van der Waals surface area contributed by atoms with Gasteiger partial charge in [0.1, 0.15) is 23.1 Å². The number of carboxylic acids is 2. The molecule has 40 heavy (non-hydrogen) atoms. The number of nitrogens with one attached hydrogen (secondary N) is 1. The molecule has 218 valence electrons. The van der Waals surface area contributed by atoms with Crippen molar-refractivity contribution in [3.8, 4) is 6.07 Å². The molecule has 2 aromatic carbocycles. The van der Waals surface area contributed by atoms with Crippen LogP contribution in [-0.2, 0) is 19.7 Å².